The minimum Gasteiger partial charge on any atom is -0.432 e. The van der Waals surface area contributed by atoms with Gasteiger partial charge in [0.15, 0.2) is 0 Å². The van der Waals surface area contributed by atoms with Crippen LogP contribution in [0.5, 0.6) is 0 Å². The molecule has 0 aliphatic carbocycles. The summed E-state index contributed by atoms with van der Waals surface area (Å²) < 4.78 is 9.55. The summed E-state index contributed by atoms with van der Waals surface area (Å²) in [4.78, 5) is 10.9. The van der Waals surface area contributed by atoms with E-state index in [2.05, 4.69) is 6.58 Å². The van der Waals surface area contributed by atoms with Gasteiger partial charge in [0.05, 0.1) is 0 Å². The number of methoxy groups -OCH3 is 1. The summed E-state index contributed by atoms with van der Waals surface area (Å²) in [6.45, 7) is 4.88. The third-order valence-corrected chi connectivity index (χ3v) is 1.21. The molecule has 0 spiro atoms. The van der Waals surface area contributed by atoms with Crippen LogP contribution in [0.4, 0.5) is 0 Å². The third kappa shape index (κ3) is 4.10. The van der Waals surface area contributed by atoms with Crippen molar-refractivity contribution in [3.8, 4) is 0 Å². The molecule has 0 aromatic carbocycles. The number of hydrogen-bond acceptors (Lipinski definition) is 4. The van der Waals surface area contributed by atoms with E-state index < -0.39 is 12.3 Å². The zero-order valence-electron chi connectivity index (χ0n) is 7.37. The number of esters is 1. The zero-order chi connectivity index (χ0) is 9.56. The molecule has 70 valence electrons. The predicted octanol–water partition coefficient (Wildman–Crippen LogP) is 0.461. The van der Waals surface area contributed by atoms with E-state index in [0.29, 0.717) is 5.57 Å². The summed E-state index contributed by atoms with van der Waals surface area (Å²) in [6.07, 6.45) is -0.408. The van der Waals surface area contributed by atoms with Gasteiger partial charge in [-0.05, 0) is 6.92 Å². The van der Waals surface area contributed by atoms with Crippen LogP contribution in [0.2, 0.25) is 0 Å². The first-order valence-corrected chi connectivity index (χ1v) is 3.62. The molecule has 1 atom stereocenters. The molecule has 1 N–H and O–H groups in total. The van der Waals surface area contributed by atoms with E-state index in [1.807, 2.05) is 0 Å². The van der Waals surface area contributed by atoms with Gasteiger partial charge in [-0.1, -0.05) is 6.58 Å². The second-order valence-electron chi connectivity index (χ2n) is 2.36. The van der Waals surface area contributed by atoms with Crippen LogP contribution in [0.3, 0.4) is 0 Å². The van der Waals surface area contributed by atoms with Crippen molar-refractivity contribution < 1.29 is 19.4 Å². The van der Waals surface area contributed by atoms with Crippen molar-refractivity contribution in [1.82, 2.24) is 0 Å². The molecule has 0 radical (unpaired) electrons. The van der Waals surface area contributed by atoms with E-state index in [4.69, 9.17) is 14.6 Å². The van der Waals surface area contributed by atoms with Crippen molar-refractivity contribution in [2.24, 2.45) is 0 Å². The Morgan fingerprint density at radius 3 is 2.58 bits per heavy atom. The van der Waals surface area contributed by atoms with Crippen LogP contribution < -0.4 is 0 Å². The van der Waals surface area contributed by atoms with E-state index in [1.54, 1.807) is 6.92 Å². The highest BCUT2D eigenvalue weighted by molar-refractivity contribution is 5.86. The van der Waals surface area contributed by atoms with Crippen molar-refractivity contribution in [2.75, 3.05) is 13.7 Å². The standard InChI is InChI=1S/C8H14O4/c1-6(2)8(10)12-7(11-3)4-5-9/h7,9H,1,4-5H2,2-3H3. The molecule has 4 nitrogen and oxygen atoms in total. The average molecular weight is 174 g/mol. The minimum absolute atomic E-state index is 0.0814. The number of hydrogen-bond donors (Lipinski definition) is 1. The van der Waals surface area contributed by atoms with Crippen LogP contribution >= 0.6 is 0 Å². The van der Waals surface area contributed by atoms with Gasteiger partial charge in [-0.15, -0.1) is 0 Å². The Morgan fingerprint density at radius 2 is 2.25 bits per heavy atom. The fraction of sp³-hybridized carbons (Fsp3) is 0.625. The molecular weight excluding hydrogens is 160 g/mol. The van der Waals surface area contributed by atoms with E-state index >= 15 is 0 Å². The van der Waals surface area contributed by atoms with Crippen molar-refractivity contribution >= 4 is 5.97 Å². The van der Waals surface area contributed by atoms with E-state index in [-0.39, 0.29) is 13.0 Å². The highest BCUT2D eigenvalue weighted by Crippen LogP contribution is 2.02. The van der Waals surface area contributed by atoms with Gasteiger partial charge in [-0.3, -0.25) is 0 Å². The summed E-state index contributed by atoms with van der Waals surface area (Å²) >= 11 is 0. The summed E-state index contributed by atoms with van der Waals surface area (Å²) in [7, 11) is 1.41. The molecule has 0 heterocycles. The number of aliphatic hydroxyl groups is 1. The summed E-state index contributed by atoms with van der Waals surface area (Å²) in [5.41, 5.74) is 0.315. The molecule has 0 rings (SSSR count). The monoisotopic (exact) mass is 174 g/mol. The first-order chi connectivity index (χ1) is 5.61. The maximum Gasteiger partial charge on any atom is 0.335 e. The molecule has 0 bridgehead atoms. The lowest BCUT2D eigenvalue weighted by molar-refractivity contribution is -0.170. The molecule has 0 aliphatic rings. The molecule has 12 heavy (non-hydrogen) atoms. The Labute approximate surface area is 71.8 Å². The van der Waals surface area contributed by atoms with Crippen LogP contribution in [-0.2, 0) is 14.3 Å². The number of carbonyl (C=O) groups is 1. The molecule has 1 unspecified atom stereocenters. The Balaban J connectivity index is 3.85. The highest BCUT2D eigenvalue weighted by atomic mass is 16.7. The molecule has 0 aliphatic heterocycles. The van der Waals surface area contributed by atoms with Gasteiger partial charge in [0.1, 0.15) is 0 Å². The highest BCUT2D eigenvalue weighted by Gasteiger charge is 2.12. The first kappa shape index (κ1) is 11.1. The van der Waals surface area contributed by atoms with Gasteiger partial charge in [-0.25, -0.2) is 4.79 Å². The number of ether oxygens (including phenoxy) is 2. The second kappa shape index (κ2) is 5.74. The molecule has 0 amide bonds. The Hall–Kier alpha value is -0.870. The van der Waals surface area contributed by atoms with Crippen molar-refractivity contribution in [1.29, 1.82) is 0 Å². The summed E-state index contributed by atoms with van der Waals surface area (Å²) in [5, 5.41) is 8.53. The second-order valence-corrected chi connectivity index (χ2v) is 2.36. The maximum absolute atomic E-state index is 10.9. The Kier molecular flexibility index (Phi) is 5.32. The number of rotatable bonds is 5. The molecular formula is C8H14O4. The van der Waals surface area contributed by atoms with Gasteiger partial charge >= 0.3 is 5.97 Å². The van der Waals surface area contributed by atoms with Crippen molar-refractivity contribution in [3.63, 3.8) is 0 Å². The largest absolute Gasteiger partial charge is 0.432 e. The van der Waals surface area contributed by atoms with Crippen LogP contribution in [0.15, 0.2) is 12.2 Å². The summed E-state index contributed by atoms with van der Waals surface area (Å²) in [6, 6.07) is 0. The third-order valence-electron chi connectivity index (χ3n) is 1.21. The van der Waals surface area contributed by atoms with Crippen molar-refractivity contribution in [2.45, 2.75) is 19.6 Å². The lowest BCUT2D eigenvalue weighted by Gasteiger charge is -2.14. The lowest BCUT2D eigenvalue weighted by atomic mass is 10.3. The average Bonchev–Trinajstić information content (AvgIpc) is 2.03. The smallest absolute Gasteiger partial charge is 0.335 e. The summed E-state index contributed by atoms with van der Waals surface area (Å²) in [5.74, 6) is -0.504. The lowest BCUT2D eigenvalue weighted by Crippen LogP contribution is -2.21. The van der Waals surface area contributed by atoms with E-state index in [0.717, 1.165) is 0 Å². The van der Waals surface area contributed by atoms with E-state index in [1.165, 1.54) is 7.11 Å². The molecule has 0 fully saturated rings. The molecule has 0 aromatic rings. The fourth-order valence-electron chi connectivity index (χ4n) is 0.550. The predicted molar refractivity (Wildman–Crippen MR) is 43.4 cm³/mol. The van der Waals surface area contributed by atoms with Crippen LogP contribution in [-0.4, -0.2) is 31.1 Å². The molecule has 4 heteroatoms. The minimum atomic E-state index is -0.681. The zero-order valence-corrected chi connectivity index (χ0v) is 7.37. The van der Waals surface area contributed by atoms with Gasteiger partial charge in [-0.2, -0.15) is 0 Å². The molecule has 0 aromatic heterocycles. The van der Waals surface area contributed by atoms with Gasteiger partial charge < -0.3 is 14.6 Å². The Morgan fingerprint density at radius 1 is 1.67 bits per heavy atom. The maximum atomic E-state index is 10.9. The van der Waals surface area contributed by atoms with Gasteiger partial charge in [0.2, 0.25) is 6.29 Å². The van der Waals surface area contributed by atoms with E-state index in [9.17, 15) is 4.79 Å². The van der Waals surface area contributed by atoms with Crippen molar-refractivity contribution in [3.05, 3.63) is 12.2 Å². The van der Waals surface area contributed by atoms with Crippen LogP contribution in [0, 0.1) is 0 Å². The fourth-order valence-corrected chi connectivity index (χ4v) is 0.550. The van der Waals surface area contributed by atoms with Gasteiger partial charge in [0, 0.05) is 25.7 Å². The molecule has 0 saturated heterocycles. The number of carbonyl (C=O) groups excluding carboxylic acids is 1. The Bertz CT molecular complexity index is 164. The van der Waals surface area contributed by atoms with Crippen LogP contribution in [0.1, 0.15) is 13.3 Å². The normalized spacial score (nSPS) is 12.2. The van der Waals surface area contributed by atoms with Crippen LogP contribution in [0.25, 0.3) is 0 Å². The molecule has 0 saturated carbocycles. The first-order valence-electron chi connectivity index (χ1n) is 3.62. The van der Waals surface area contributed by atoms with Gasteiger partial charge in [0.25, 0.3) is 0 Å². The quantitative estimate of drug-likeness (QED) is 0.374. The topological polar surface area (TPSA) is 55.8 Å². The SMILES string of the molecule is C=C(C)C(=O)OC(CCO)OC. The number of aliphatic hydroxyl groups excluding tert-OH is 1.